The van der Waals surface area contributed by atoms with Crippen LogP contribution in [-0.4, -0.2) is 15.9 Å². The number of nitrogens with two attached hydrogens (primary N) is 1. The number of para-hydroxylation sites is 1. The maximum Gasteiger partial charge on any atom is 0.268 e. The number of nitrogens with one attached hydrogen (secondary N) is 2. The monoisotopic (exact) mass is 412 g/mol. The van der Waals surface area contributed by atoms with Gasteiger partial charge in [0.25, 0.3) is 5.91 Å². The molecule has 0 radical (unpaired) electrons. The number of aryl methyl sites for hydroxylation is 1. The fraction of sp³-hybridized carbons (Fsp3) is 0.0833. The lowest BCUT2D eigenvalue weighted by molar-refractivity contribution is 0.103. The van der Waals surface area contributed by atoms with E-state index in [1.807, 2.05) is 48.5 Å². The second kappa shape index (κ2) is 7.31. The third-order valence-electron chi connectivity index (χ3n) is 5.26. The molecular weight excluding hydrogens is 392 g/mol. The standard InChI is InChI=1S/C24H20N4OS/c1-2-14-9-6-10-18-17-12-11-16(13-19(17)27-20(14)18)26-23(29)22-21(28-24(25)30-22)15-7-4-3-5-8-15/h3-13,27H,2H2,1H3,(H2,25,28)(H,26,29). The number of aromatic amines is 1. The minimum atomic E-state index is -0.215. The molecule has 0 saturated carbocycles. The van der Waals surface area contributed by atoms with Crippen LogP contribution in [0.1, 0.15) is 22.2 Å². The maximum atomic E-state index is 13.0. The molecule has 0 aliphatic rings. The van der Waals surface area contributed by atoms with Gasteiger partial charge in [0.2, 0.25) is 0 Å². The minimum absolute atomic E-state index is 0.215. The number of carbonyl (C=O) groups is 1. The largest absolute Gasteiger partial charge is 0.375 e. The third kappa shape index (κ3) is 3.11. The van der Waals surface area contributed by atoms with Crippen molar-refractivity contribution in [2.24, 2.45) is 0 Å². The first-order valence-electron chi connectivity index (χ1n) is 9.80. The molecule has 0 fully saturated rings. The molecular formula is C24H20N4OS. The molecule has 6 heteroatoms. The van der Waals surface area contributed by atoms with E-state index in [-0.39, 0.29) is 5.91 Å². The van der Waals surface area contributed by atoms with Crippen molar-refractivity contribution in [3.63, 3.8) is 0 Å². The van der Waals surface area contributed by atoms with E-state index >= 15 is 0 Å². The van der Waals surface area contributed by atoms with Crippen molar-refractivity contribution in [2.75, 3.05) is 11.1 Å². The van der Waals surface area contributed by atoms with Gasteiger partial charge < -0.3 is 16.0 Å². The quantitative estimate of drug-likeness (QED) is 0.347. The Bertz CT molecular complexity index is 1380. The molecule has 30 heavy (non-hydrogen) atoms. The summed E-state index contributed by atoms with van der Waals surface area (Å²) in [5.41, 5.74) is 11.5. The first-order valence-corrected chi connectivity index (χ1v) is 10.6. The molecule has 3 aromatic carbocycles. The number of rotatable bonds is 4. The van der Waals surface area contributed by atoms with Crippen molar-refractivity contribution in [1.82, 2.24) is 9.97 Å². The van der Waals surface area contributed by atoms with E-state index < -0.39 is 0 Å². The molecule has 2 aromatic heterocycles. The molecule has 2 heterocycles. The van der Waals surface area contributed by atoms with Gasteiger partial charge in [0.1, 0.15) is 4.88 Å². The average Bonchev–Trinajstić information content (AvgIpc) is 3.34. The SMILES string of the molecule is CCc1cccc2c1[nH]c1cc(NC(=O)c3sc(N)nc3-c3ccccc3)ccc12. The van der Waals surface area contributed by atoms with Crippen molar-refractivity contribution in [2.45, 2.75) is 13.3 Å². The summed E-state index contributed by atoms with van der Waals surface area (Å²) in [6, 6.07) is 21.9. The number of H-pyrrole nitrogens is 1. The summed E-state index contributed by atoms with van der Waals surface area (Å²) in [6.07, 6.45) is 0.961. The van der Waals surface area contributed by atoms with Crippen LogP contribution in [0.2, 0.25) is 0 Å². The lowest BCUT2D eigenvalue weighted by Gasteiger charge is -2.06. The van der Waals surface area contributed by atoms with Gasteiger partial charge in [0.15, 0.2) is 5.13 Å². The number of hydrogen-bond donors (Lipinski definition) is 3. The van der Waals surface area contributed by atoms with Gasteiger partial charge in [-0.25, -0.2) is 4.98 Å². The summed E-state index contributed by atoms with van der Waals surface area (Å²) < 4.78 is 0. The number of amides is 1. The van der Waals surface area contributed by atoms with Crippen molar-refractivity contribution in [1.29, 1.82) is 0 Å². The van der Waals surface area contributed by atoms with Crippen LogP contribution < -0.4 is 11.1 Å². The highest BCUT2D eigenvalue weighted by Crippen LogP contribution is 2.32. The molecule has 0 spiro atoms. The van der Waals surface area contributed by atoms with Crippen LogP contribution >= 0.6 is 11.3 Å². The predicted octanol–water partition coefficient (Wildman–Crippen LogP) is 5.84. The number of nitrogens with zero attached hydrogens (tertiary/aromatic N) is 1. The Morgan fingerprint density at radius 3 is 2.70 bits per heavy atom. The first kappa shape index (κ1) is 18.4. The number of aromatic nitrogens is 2. The Hall–Kier alpha value is -3.64. The summed E-state index contributed by atoms with van der Waals surface area (Å²) in [7, 11) is 0. The van der Waals surface area contributed by atoms with Gasteiger partial charge in [-0.05, 0) is 24.1 Å². The predicted molar refractivity (Wildman–Crippen MR) is 125 cm³/mol. The molecule has 5 aromatic rings. The van der Waals surface area contributed by atoms with Crippen LogP contribution in [0.15, 0.2) is 66.7 Å². The second-order valence-electron chi connectivity index (χ2n) is 7.13. The van der Waals surface area contributed by atoms with Gasteiger partial charge in [-0.2, -0.15) is 0 Å². The summed E-state index contributed by atoms with van der Waals surface area (Å²) in [6.45, 7) is 2.15. The van der Waals surface area contributed by atoms with Crippen LogP contribution in [0.5, 0.6) is 0 Å². The van der Waals surface area contributed by atoms with E-state index in [1.165, 1.54) is 22.3 Å². The molecule has 5 nitrogen and oxygen atoms in total. The molecule has 1 amide bonds. The highest BCUT2D eigenvalue weighted by Gasteiger charge is 2.19. The van der Waals surface area contributed by atoms with E-state index in [9.17, 15) is 4.79 Å². The number of fused-ring (bicyclic) bond motifs is 3. The number of anilines is 2. The van der Waals surface area contributed by atoms with Crippen LogP contribution in [0.4, 0.5) is 10.8 Å². The lowest BCUT2D eigenvalue weighted by Crippen LogP contribution is -2.11. The fourth-order valence-electron chi connectivity index (χ4n) is 3.83. The highest BCUT2D eigenvalue weighted by molar-refractivity contribution is 7.17. The Kier molecular flexibility index (Phi) is 4.48. The Labute approximate surface area is 177 Å². The Morgan fingerprint density at radius 1 is 1.07 bits per heavy atom. The van der Waals surface area contributed by atoms with E-state index in [0.717, 1.165) is 34.1 Å². The zero-order valence-electron chi connectivity index (χ0n) is 16.4. The molecule has 0 unspecified atom stereocenters. The van der Waals surface area contributed by atoms with E-state index in [1.54, 1.807) is 0 Å². The highest BCUT2D eigenvalue weighted by atomic mass is 32.1. The topological polar surface area (TPSA) is 83.8 Å². The van der Waals surface area contributed by atoms with E-state index in [2.05, 4.69) is 40.4 Å². The number of carbonyl (C=O) groups excluding carboxylic acids is 1. The summed E-state index contributed by atoms with van der Waals surface area (Å²) in [4.78, 5) is 21.4. The Morgan fingerprint density at radius 2 is 1.90 bits per heavy atom. The summed E-state index contributed by atoms with van der Waals surface area (Å²) >= 11 is 1.20. The average molecular weight is 413 g/mol. The molecule has 148 valence electrons. The van der Waals surface area contributed by atoms with Gasteiger partial charge in [-0.15, -0.1) is 0 Å². The van der Waals surface area contributed by atoms with Gasteiger partial charge >= 0.3 is 0 Å². The van der Waals surface area contributed by atoms with Crippen LogP contribution in [0, 0.1) is 0 Å². The molecule has 5 rings (SSSR count). The molecule has 0 aliphatic carbocycles. The second-order valence-corrected chi connectivity index (χ2v) is 8.16. The molecule has 0 bridgehead atoms. The van der Waals surface area contributed by atoms with Crippen molar-refractivity contribution < 1.29 is 4.79 Å². The fourth-order valence-corrected chi connectivity index (χ4v) is 4.58. The Balaban J connectivity index is 1.51. The molecule has 0 saturated heterocycles. The molecule has 0 aliphatic heterocycles. The number of hydrogen-bond acceptors (Lipinski definition) is 4. The van der Waals surface area contributed by atoms with Crippen molar-refractivity contribution in [3.05, 3.63) is 77.2 Å². The summed E-state index contributed by atoms with van der Waals surface area (Å²) in [5.74, 6) is -0.215. The van der Waals surface area contributed by atoms with E-state index in [0.29, 0.717) is 15.7 Å². The zero-order chi connectivity index (χ0) is 20.7. The van der Waals surface area contributed by atoms with Crippen LogP contribution in [-0.2, 0) is 6.42 Å². The summed E-state index contributed by atoms with van der Waals surface area (Å²) in [5, 5.41) is 5.72. The van der Waals surface area contributed by atoms with Gasteiger partial charge in [0.05, 0.1) is 5.69 Å². The number of thiazole rings is 1. The van der Waals surface area contributed by atoms with Crippen molar-refractivity contribution in [3.8, 4) is 11.3 Å². The third-order valence-corrected chi connectivity index (χ3v) is 6.14. The maximum absolute atomic E-state index is 13.0. The van der Waals surface area contributed by atoms with Gasteiger partial charge in [0, 0.05) is 33.1 Å². The minimum Gasteiger partial charge on any atom is -0.375 e. The van der Waals surface area contributed by atoms with Crippen LogP contribution in [0.3, 0.4) is 0 Å². The zero-order valence-corrected chi connectivity index (χ0v) is 17.2. The van der Waals surface area contributed by atoms with Crippen LogP contribution in [0.25, 0.3) is 33.1 Å². The molecule has 0 atom stereocenters. The number of nitrogen functional groups attached to an aromatic ring is 1. The normalized spacial score (nSPS) is 11.2. The first-order chi connectivity index (χ1) is 14.6. The van der Waals surface area contributed by atoms with E-state index in [4.69, 9.17) is 5.73 Å². The van der Waals surface area contributed by atoms with Crippen molar-refractivity contribution >= 4 is 49.9 Å². The number of benzene rings is 3. The van der Waals surface area contributed by atoms with Gasteiger partial charge in [-0.3, -0.25) is 4.79 Å². The van der Waals surface area contributed by atoms with Gasteiger partial charge in [-0.1, -0.05) is 72.9 Å². The lowest BCUT2D eigenvalue weighted by atomic mass is 10.1. The molecule has 4 N–H and O–H groups in total. The smallest absolute Gasteiger partial charge is 0.268 e.